The Morgan fingerprint density at radius 1 is 0.288 bits per heavy atom. The van der Waals surface area contributed by atoms with E-state index in [0.717, 1.165) is 89.9 Å². The number of hydrogen-bond donors (Lipinski definition) is 0. The Kier molecular flexibility index (Phi) is 59.2. The molecule has 6 heteroatoms. The fourth-order valence-electron chi connectivity index (χ4n) is 9.25. The molecule has 0 aliphatic heterocycles. The Morgan fingerprint density at radius 2 is 0.534 bits per heavy atom. The van der Waals surface area contributed by atoms with Gasteiger partial charge in [0.25, 0.3) is 0 Å². The fourth-order valence-corrected chi connectivity index (χ4v) is 9.25. The van der Waals surface area contributed by atoms with E-state index in [2.05, 4.69) is 81.5 Å². The smallest absolute Gasteiger partial charge is 0.306 e. The van der Waals surface area contributed by atoms with Crippen LogP contribution in [0.4, 0.5) is 0 Å². The summed E-state index contributed by atoms with van der Waals surface area (Å²) in [7, 11) is 0. The van der Waals surface area contributed by atoms with Gasteiger partial charge < -0.3 is 14.2 Å². The maximum absolute atomic E-state index is 12.9. The molecular formula is C67H120O6. The molecule has 0 saturated heterocycles. The summed E-state index contributed by atoms with van der Waals surface area (Å²) in [6, 6.07) is 0. The molecule has 0 heterocycles. The zero-order valence-corrected chi connectivity index (χ0v) is 48.7. The van der Waals surface area contributed by atoms with Gasteiger partial charge in [-0.05, 0) is 83.5 Å². The van der Waals surface area contributed by atoms with Crippen LogP contribution in [0.5, 0.6) is 0 Å². The van der Waals surface area contributed by atoms with E-state index in [4.69, 9.17) is 14.2 Å². The summed E-state index contributed by atoms with van der Waals surface area (Å²) >= 11 is 0. The van der Waals surface area contributed by atoms with Gasteiger partial charge in [0.1, 0.15) is 13.2 Å². The molecule has 0 saturated carbocycles. The van der Waals surface area contributed by atoms with E-state index >= 15 is 0 Å². The molecule has 0 rings (SSSR count). The molecule has 0 fully saturated rings. The quantitative estimate of drug-likeness (QED) is 0.0261. The van der Waals surface area contributed by atoms with E-state index in [1.54, 1.807) is 0 Å². The first-order valence-corrected chi connectivity index (χ1v) is 31.8. The molecule has 1 atom stereocenters. The van der Waals surface area contributed by atoms with Gasteiger partial charge in [-0.3, -0.25) is 14.4 Å². The Balaban J connectivity index is 4.15. The molecule has 0 aromatic heterocycles. The van der Waals surface area contributed by atoms with Crippen LogP contribution in [0.15, 0.2) is 60.8 Å². The van der Waals surface area contributed by atoms with Gasteiger partial charge in [0.05, 0.1) is 0 Å². The van der Waals surface area contributed by atoms with Crippen LogP contribution < -0.4 is 0 Å². The van der Waals surface area contributed by atoms with E-state index in [0.29, 0.717) is 19.3 Å². The van der Waals surface area contributed by atoms with Gasteiger partial charge in [0.15, 0.2) is 6.10 Å². The highest BCUT2D eigenvalue weighted by Gasteiger charge is 2.19. The highest BCUT2D eigenvalue weighted by Crippen LogP contribution is 2.17. The Hall–Kier alpha value is -2.89. The minimum Gasteiger partial charge on any atom is -0.462 e. The number of hydrogen-bond acceptors (Lipinski definition) is 6. The van der Waals surface area contributed by atoms with Crippen molar-refractivity contribution in [3.05, 3.63) is 60.8 Å². The zero-order chi connectivity index (χ0) is 52.9. The summed E-state index contributed by atoms with van der Waals surface area (Å²) in [5, 5.41) is 0. The number of ether oxygens (including phenoxy) is 3. The van der Waals surface area contributed by atoms with Gasteiger partial charge in [0, 0.05) is 19.3 Å². The number of rotatable bonds is 58. The maximum atomic E-state index is 12.9. The van der Waals surface area contributed by atoms with E-state index in [1.165, 1.54) is 199 Å². The summed E-state index contributed by atoms with van der Waals surface area (Å²) in [4.78, 5) is 38.2. The second kappa shape index (κ2) is 61.7. The lowest BCUT2D eigenvalue weighted by atomic mass is 10.0. The monoisotopic (exact) mass is 1020 g/mol. The van der Waals surface area contributed by atoms with Crippen LogP contribution in [-0.4, -0.2) is 37.2 Å². The molecule has 0 aliphatic rings. The molecule has 6 nitrogen and oxygen atoms in total. The molecule has 0 aliphatic carbocycles. The average Bonchev–Trinajstić information content (AvgIpc) is 3.39. The van der Waals surface area contributed by atoms with Gasteiger partial charge in [0.2, 0.25) is 0 Å². The van der Waals surface area contributed by atoms with Crippen LogP contribution in [0.25, 0.3) is 0 Å². The van der Waals surface area contributed by atoms with Gasteiger partial charge in [-0.15, -0.1) is 0 Å². The zero-order valence-electron chi connectivity index (χ0n) is 48.7. The molecule has 0 bridgehead atoms. The molecule has 0 radical (unpaired) electrons. The topological polar surface area (TPSA) is 78.9 Å². The van der Waals surface area contributed by atoms with Crippen LogP contribution in [0.3, 0.4) is 0 Å². The van der Waals surface area contributed by atoms with Crippen molar-refractivity contribution in [1.29, 1.82) is 0 Å². The first kappa shape index (κ1) is 70.1. The van der Waals surface area contributed by atoms with Crippen molar-refractivity contribution in [2.45, 2.75) is 335 Å². The number of carbonyl (C=O) groups is 3. The SMILES string of the molecule is CC/C=C\C/C=C\C/C=C\C/C=C\CCCCCCCCCCCCCCCCCCC(=O)OCC(COC(=O)CCCCCCC/C=C\CCCCC)OC(=O)CCCCCCCCCCCCCCCC. The lowest BCUT2D eigenvalue weighted by molar-refractivity contribution is -0.167. The molecular weight excluding hydrogens is 901 g/mol. The minimum atomic E-state index is -0.773. The molecule has 0 aromatic rings. The van der Waals surface area contributed by atoms with Crippen LogP contribution >= 0.6 is 0 Å². The predicted octanol–water partition coefficient (Wildman–Crippen LogP) is 21.6. The van der Waals surface area contributed by atoms with Crippen molar-refractivity contribution in [2.24, 2.45) is 0 Å². The van der Waals surface area contributed by atoms with E-state index in [1.807, 2.05) is 0 Å². The Morgan fingerprint density at radius 3 is 0.877 bits per heavy atom. The highest BCUT2D eigenvalue weighted by atomic mass is 16.6. The van der Waals surface area contributed by atoms with E-state index < -0.39 is 6.10 Å². The van der Waals surface area contributed by atoms with Gasteiger partial charge in [-0.25, -0.2) is 0 Å². The lowest BCUT2D eigenvalue weighted by Gasteiger charge is -2.18. The van der Waals surface area contributed by atoms with Crippen LogP contribution in [0.1, 0.15) is 329 Å². The van der Waals surface area contributed by atoms with Crippen molar-refractivity contribution < 1.29 is 28.6 Å². The number of carbonyl (C=O) groups excluding carboxylic acids is 3. The van der Waals surface area contributed by atoms with Crippen molar-refractivity contribution in [3.8, 4) is 0 Å². The largest absolute Gasteiger partial charge is 0.462 e. The third-order valence-electron chi connectivity index (χ3n) is 14.0. The molecule has 0 N–H and O–H groups in total. The predicted molar refractivity (Wildman–Crippen MR) is 316 cm³/mol. The van der Waals surface area contributed by atoms with Gasteiger partial charge >= 0.3 is 17.9 Å². The summed E-state index contributed by atoms with van der Waals surface area (Å²) < 4.78 is 16.9. The van der Waals surface area contributed by atoms with Crippen molar-refractivity contribution >= 4 is 17.9 Å². The van der Waals surface area contributed by atoms with Crippen molar-refractivity contribution in [1.82, 2.24) is 0 Å². The van der Waals surface area contributed by atoms with Crippen molar-refractivity contribution in [2.75, 3.05) is 13.2 Å². The number of esters is 3. The second-order valence-electron chi connectivity index (χ2n) is 21.3. The summed E-state index contributed by atoms with van der Waals surface area (Å²) in [5.74, 6) is -0.863. The molecule has 0 amide bonds. The first-order valence-electron chi connectivity index (χ1n) is 31.8. The second-order valence-corrected chi connectivity index (χ2v) is 21.3. The fraction of sp³-hybridized carbons (Fsp3) is 0.806. The molecule has 424 valence electrons. The lowest BCUT2D eigenvalue weighted by Crippen LogP contribution is -2.30. The third-order valence-corrected chi connectivity index (χ3v) is 14.0. The molecule has 0 spiro atoms. The Labute approximate surface area is 453 Å². The normalized spacial score (nSPS) is 12.4. The van der Waals surface area contributed by atoms with Crippen LogP contribution in [0, 0.1) is 0 Å². The highest BCUT2D eigenvalue weighted by molar-refractivity contribution is 5.71. The number of unbranched alkanes of at least 4 members (excludes halogenated alkanes) is 37. The van der Waals surface area contributed by atoms with Crippen LogP contribution in [-0.2, 0) is 28.6 Å². The summed E-state index contributed by atoms with van der Waals surface area (Å²) in [5.41, 5.74) is 0. The Bertz CT molecular complexity index is 1310. The molecule has 1 unspecified atom stereocenters. The van der Waals surface area contributed by atoms with E-state index in [9.17, 15) is 14.4 Å². The standard InChI is InChI=1S/C67H120O6/c1-4-7-10-13-16-19-22-25-27-28-29-30-31-32-33-34-35-36-37-38-39-40-41-43-45-48-51-54-57-60-66(69)72-63-64(62-71-65(68)59-56-53-50-47-44-24-21-18-15-12-9-6-3)73-67(70)61-58-55-52-49-46-42-26-23-20-17-14-11-8-5-2/h7,10,16,18-19,21,25,27,29-30,64H,4-6,8-9,11-15,17,20,22-24,26,28,31-63H2,1-3H3/b10-7-,19-16-,21-18-,27-25-,30-29-. The van der Waals surface area contributed by atoms with E-state index in [-0.39, 0.29) is 31.1 Å². The third kappa shape index (κ3) is 59.9. The van der Waals surface area contributed by atoms with Crippen molar-refractivity contribution in [3.63, 3.8) is 0 Å². The average molecular weight is 1020 g/mol. The van der Waals surface area contributed by atoms with Gasteiger partial charge in [-0.1, -0.05) is 287 Å². The van der Waals surface area contributed by atoms with Crippen LogP contribution in [0.2, 0.25) is 0 Å². The molecule has 0 aromatic carbocycles. The summed E-state index contributed by atoms with van der Waals surface area (Å²) in [6.07, 6.45) is 78.1. The minimum absolute atomic E-state index is 0.0720. The number of allylic oxidation sites excluding steroid dienone is 10. The maximum Gasteiger partial charge on any atom is 0.306 e. The first-order chi connectivity index (χ1) is 36.0. The summed E-state index contributed by atoms with van der Waals surface area (Å²) in [6.45, 7) is 6.54. The van der Waals surface area contributed by atoms with Gasteiger partial charge in [-0.2, -0.15) is 0 Å². The molecule has 73 heavy (non-hydrogen) atoms.